The van der Waals surface area contributed by atoms with Crippen molar-refractivity contribution < 1.29 is 9.53 Å². The molecule has 0 fully saturated rings. The van der Waals surface area contributed by atoms with E-state index >= 15 is 0 Å². The average molecular weight is 292 g/mol. The lowest BCUT2D eigenvalue weighted by Crippen LogP contribution is -2.15. The molecule has 1 aromatic carbocycles. The van der Waals surface area contributed by atoms with Gasteiger partial charge in [-0.3, -0.25) is 15.2 Å². The maximum absolute atomic E-state index is 11.7. The zero-order valence-electron chi connectivity index (χ0n) is 11.3. The molecule has 0 unspecified atom stereocenters. The quantitative estimate of drug-likeness (QED) is 0.798. The molecule has 0 bridgehead atoms. The number of hydrogen-bond donors (Lipinski definition) is 2. The Morgan fingerprint density at radius 3 is 2.75 bits per heavy atom. The standard InChI is InChI=1S/C13H16N4O2S/c1-3-19-10-4-6-11(7-5-10)20-8-12(18)15-13-14-9(2)16-17-13/h4-7H,3,8H2,1-2H3,(H2,14,15,16,17,18). The molecule has 7 heteroatoms. The van der Waals surface area contributed by atoms with Crippen LogP contribution in [0.5, 0.6) is 5.75 Å². The van der Waals surface area contributed by atoms with E-state index in [0.29, 0.717) is 24.1 Å². The molecule has 0 aliphatic carbocycles. The van der Waals surface area contributed by atoms with Gasteiger partial charge in [-0.2, -0.15) is 4.98 Å². The number of aromatic nitrogens is 3. The van der Waals surface area contributed by atoms with E-state index in [1.165, 1.54) is 11.8 Å². The predicted octanol–water partition coefficient (Wildman–Crippen LogP) is 2.24. The monoisotopic (exact) mass is 292 g/mol. The molecule has 1 heterocycles. The van der Waals surface area contributed by atoms with E-state index in [1.54, 1.807) is 6.92 Å². The molecule has 0 aliphatic heterocycles. The van der Waals surface area contributed by atoms with Crippen LogP contribution < -0.4 is 10.1 Å². The second-order valence-corrected chi connectivity index (χ2v) is 5.03. The molecule has 0 atom stereocenters. The number of carbonyl (C=O) groups excluding carboxylic acids is 1. The number of benzene rings is 1. The van der Waals surface area contributed by atoms with Crippen LogP contribution in [0.15, 0.2) is 29.2 Å². The van der Waals surface area contributed by atoms with Crippen LogP contribution in [0.2, 0.25) is 0 Å². The van der Waals surface area contributed by atoms with Crippen LogP contribution in [-0.2, 0) is 4.79 Å². The van der Waals surface area contributed by atoms with Crippen molar-refractivity contribution in [1.29, 1.82) is 0 Å². The first-order valence-corrected chi connectivity index (χ1v) is 7.20. The summed E-state index contributed by atoms with van der Waals surface area (Å²) in [5, 5.41) is 9.15. The number of anilines is 1. The Hall–Kier alpha value is -2.02. The number of ether oxygens (including phenoxy) is 1. The van der Waals surface area contributed by atoms with Crippen molar-refractivity contribution in [3.05, 3.63) is 30.1 Å². The van der Waals surface area contributed by atoms with E-state index in [0.717, 1.165) is 10.6 Å². The molecule has 1 amide bonds. The zero-order chi connectivity index (χ0) is 14.4. The number of hydrogen-bond acceptors (Lipinski definition) is 5. The number of rotatable bonds is 6. The summed E-state index contributed by atoms with van der Waals surface area (Å²) >= 11 is 1.45. The third-order valence-corrected chi connectivity index (χ3v) is 3.37. The summed E-state index contributed by atoms with van der Waals surface area (Å²) in [5.74, 6) is 1.97. The predicted molar refractivity (Wildman–Crippen MR) is 78.1 cm³/mol. The lowest BCUT2D eigenvalue weighted by Gasteiger charge is -2.04. The number of aryl methyl sites for hydroxylation is 1. The smallest absolute Gasteiger partial charge is 0.248 e. The number of thioether (sulfide) groups is 1. The van der Waals surface area contributed by atoms with E-state index in [1.807, 2.05) is 31.2 Å². The van der Waals surface area contributed by atoms with Crippen molar-refractivity contribution in [2.75, 3.05) is 17.7 Å². The maximum atomic E-state index is 11.7. The van der Waals surface area contributed by atoms with E-state index < -0.39 is 0 Å². The van der Waals surface area contributed by atoms with Crippen LogP contribution in [-0.4, -0.2) is 33.4 Å². The molecule has 0 saturated heterocycles. The van der Waals surface area contributed by atoms with Crippen molar-refractivity contribution in [3.8, 4) is 5.75 Å². The molecule has 2 rings (SSSR count). The van der Waals surface area contributed by atoms with Crippen molar-refractivity contribution in [2.45, 2.75) is 18.7 Å². The topological polar surface area (TPSA) is 79.9 Å². The molecule has 6 nitrogen and oxygen atoms in total. The average Bonchev–Trinajstić information content (AvgIpc) is 2.84. The minimum Gasteiger partial charge on any atom is -0.494 e. The Morgan fingerprint density at radius 2 is 2.15 bits per heavy atom. The molecule has 0 aliphatic rings. The Labute approximate surface area is 121 Å². The van der Waals surface area contributed by atoms with Crippen LogP contribution in [0.3, 0.4) is 0 Å². The molecule has 106 valence electrons. The fraction of sp³-hybridized carbons (Fsp3) is 0.308. The Morgan fingerprint density at radius 1 is 1.40 bits per heavy atom. The highest BCUT2D eigenvalue weighted by molar-refractivity contribution is 8.00. The van der Waals surface area contributed by atoms with Gasteiger partial charge < -0.3 is 4.74 Å². The summed E-state index contributed by atoms with van der Waals surface area (Å²) in [6.07, 6.45) is 0. The van der Waals surface area contributed by atoms with Crippen molar-refractivity contribution in [3.63, 3.8) is 0 Å². The number of nitrogens with one attached hydrogen (secondary N) is 2. The normalized spacial score (nSPS) is 10.3. The highest BCUT2D eigenvalue weighted by Gasteiger charge is 2.07. The number of nitrogens with zero attached hydrogens (tertiary/aromatic N) is 2. The van der Waals surface area contributed by atoms with Gasteiger partial charge in [0.2, 0.25) is 11.9 Å². The van der Waals surface area contributed by atoms with Crippen molar-refractivity contribution in [1.82, 2.24) is 15.2 Å². The Balaban J connectivity index is 1.80. The van der Waals surface area contributed by atoms with Crippen molar-refractivity contribution in [2.24, 2.45) is 0 Å². The molecule has 0 spiro atoms. The zero-order valence-corrected chi connectivity index (χ0v) is 12.2. The summed E-state index contributed by atoms with van der Waals surface area (Å²) in [5.41, 5.74) is 0. The first kappa shape index (κ1) is 14.4. The van der Waals surface area contributed by atoms with Crippen LogP contribution in [0.25, 0.3) is 0 Å². The summed E-state index contributed by atoms with van der Waals surface area (Å²) in [6.45, 7) is 4.36. The van der Waals surface area contributed by atoms with Gasteiger partial charge in [0.1, 0.15) is 11.6 Å². The molecule has 0 saturated carbocycles. The Bertz CT molecular complexity index is 568. The highest BCUT2D eigenvalue weighted by Crippen LogP contribution is 2.21. The van der Waals surface area contributed by atoms with E-state index in [4.69, 9.17) is 4.74 Å². The molecule has 2 aromatic rings. The largest absolute Gasteiger partial charge is 0.494 e. The minimum atomic E-state index is -0.136. The molecule has 20 heavy (non-hydrogen) atoms. The van der Waals surface area contributed by atoms with E-state index in [2.05, 4.69) is 20.5 Å². The van der Waals surface area contributed by atoms with E-state index in [-0.39, 0.29) is 5.91 Å². The van der Waals surface area contributed by atoms with Gasteiger partial charge in [-0.15, -0.1) is 16.9 Å². The molecular formula is C13H16N4O2S. The van der Waals surface area contributed by atoms with Gasteiger partial charge in [-0.25, -0.2) is 0 Å². The van der Waals surface area contributed by atoms with Crippen LogP contribution in [0.1, 0.15) is 12.7 Å². The third kappa shape index (κ3) is 4.27. The van der Waals surface area contributed by atoms with Gasteiger partial charge in [0.25, 0.3) is 0 Å². The maximum Gasteiger partial charge on any atom is 0.248 e. The van der Waals surface area contributed by atoms with Gasteiger partial charge in [0.05, 0.1) is 12.4 Å². The number of aromatic amines is 1. The Kier molecular flexibility index (Phi) is 5.00. The molecule has 1 aromatic heterocycles. The molecule has 0 radical (unpaired) electrons. The lowest BCUT2D eigenvalue weighted by molar-refractivity contribution is -0.113. The molecule has 2 N–H and O–H groups in total. The van der Waals surface area contributed by atoms with E-state index in [9.17, 15) is 4.79 Å². The first-order valence-electron chi connectivity index (χ1n) is 6.22. The fourth-order valence-corrected chi connectivity index (χ4v) is 2.21. The fourth-order valence-electron chi connectivity index (χ4n) is 1.51. The number of carbonyl (C=O) groups is 1. The van der Waals surface area contributed by atoms with Crippen LogP contribution in [0.4, 0.5) is 5.95 Å². The second kappa shape index (κ2) is 6.95. The van der Waals surface area contributed by atoms with Gasteiger partial charge >= 0.3 is 0 Å². The summed E-state index contributed by atoms with van der Waals surface area (Å²) in [7, 11) is 0. The molecular weight excluding hydrogens is 276 g/mol. The summed E-state index contributed by atoms with van der Waals surface area (Å²) in [4.78, 5) is 16.7. The van der Waals surface area contributed by atoms with Crippen LogP contribution in [0, 0.1) is 6.92 Å². The number of H-pyrrole nitrogens is 1. The van der Waals surface area contributed by atoms with Gasteiger partial charge in [-0.05, 0) is 38.1 Å². The number of amides is 1. The van der Waals surface area contributed by atoms with Gasteiger partial charge in [0, 0.05) is 4.90 Å². The van der Waals surface area contributed by atoms with Gasteiger partial charge in [-0.1, -0.05) is 0 Å². The summed E-state index contributed by atoms with van der Waals surface area (Å²) < 4.78 is 5.36. The lowest BCUT2D eigenvalue weighted by atomic mass is 10.3. The second-order valence-electron chi connectivity index (χ2n) is 3.99. The van der Waals surface area contributed by atoms with Crippen LogP contribution >= 0.6 is 11.8 Å². The van der Waals surface area contributed by atoms with Gasteiger partial charge in [0.15, 0.2) is 0 Å². The summed E-state index contributed by atoms with van der Waals surface area (Å²) in [6, 6.07) is 7.64. The highest BCUT2D eigenvalue weighted by atomic mass is 32.2. The first-order chi connectivity index (χ1) is 9.67. The third-order valence-electron chi connectivity index (χ3n) is 2.35. The van der Waals surface area contributed by atoms with Crippen molar-refractivity contribution >= 4 is 23.6 Å². The minimum absolute atomic E-state index is 0.136. The SMILES string of the molecule is CCOc1ccc(SCC(=O)Nc2n[nH]c(C)n2)cc1.